The number of anilines is 1. The number of nitrogens with zero attached hydrogens (tertiary/aromatic N) is 1. The van der Waals surface area contributed by atoms with Crippen LogP contribution >= 0.6 is 0 Å². The molecule has 0 radical (unpaired) electrons. The minimum Gasteiger partial charge on any atom is -0.366 e. The van der Waals surface area contributed by atoms with Crippen LogP contribution in [0.1, 0.15) is 19.4 Å². The van der Waals surface area contributed by atoms with Crippen LogP contribution in [0.4, 0.5) is 14.5 Å². The highest BCUT2D eigenvalue weighted by Crippen LogP contribution is 2.32. The zero-order valence-corrected chi connectivity index (χ0v) is 10.9. The average Bonchev–Trinajstić information content (AvgIpc) is 2.58. The van der Waals surface area contributed by atoms with E-state index in [-0.39, 0.29) is 5.69 Å². The molecule has 2 rings (SSSR count). The van der Waals surface area contributed by atoms with Crippen LogP contribution in [0.25, 0.3) is 0 Å². The first-order valence-corrected chi connectivity index (χ1v) is 6.46. The number of benzene rings is 1. The average molecular weight is 254 g/mol. The fourth-order valence-electron chi connectivity index (χ4n) is 2.54. The second kappa shape index (κ2) is 5.22. The Morgan fingerprint density at radius 3 is 2.11 bits per heavy atom. The van der Waals surface area contributed by atoms with Crippen molar-refractivity contribution in [3.8, 4) is 0 Å². The molecular weight excluding hydrogens is 234 g/mol. The summed E-state index contributed by atoms with van der Waals surface area (Å²) in [6.07, 6.45) is 0.501. The van der Waals surface area contributed by atoms with Crippen LogP contribution in [0.15, 0.2) is 12.1 Å². The SMILES string of the molecule is CC1CN(c2c(F)cc(CCN)cc2F)CC1C. The minimum atomic E-state index is -0.472. The van der Waals surface area contributed by atoms with Crippen molar-refractivity contribution in [2.24, 2.45) is 17.6 Å². The van der Waals surface area contributed by atoms with Crippen molar-refractivity contribution in [2.75, 3.05) is 24.5 Å². The Labute approximate surface area is 107 Å². The summed E-state index contributed by atoms with van der Waals surface area (Å²) in [6, 6.07) is 2.80. The minimum absolute atomic E-state index is 0.118. The monoisotopic (exact) mass is 254 g/mol. The van der Waals surface area contributed by atoms with E-state index in [2.05, 4.69) is 13.8 Å². The maximum absolute atomic E-state index is 14.0. The Morgan fingerprint density at radius 1 is 1.17 bits per heavy atom. The fraction of sp³-hybridized carbons (Fsp3) is 0.571. The molecule has 0 bridgehead atoms. The molecule has 100 valence electrons. The second-order valence-electron chi connectivity index (χ2n) is 5.31. The number of rotatable bonds is 3. The molecule has 1 heterocycles. The summed E-state index contributed by atoms with van der Waals surface area (Å²) >= 11 is 0. The zero-order chi connectivity index (χ0) is 13.3. The van der Waals surface area contributed by atoms with Gasteiger partial charge in [0.2, 0.25) is 0 Å². The molecule has 1 aromatic rings. The quantitative estimate of drug-likeness (QED) is 0.898. The molecule has 0 amide bonds. The lowest BCUT2D eigenvalue weighted by Gasteiger charge is -2.20. The lowest BCUT2D eigenvalue weighted by molar-refractivity contribution is 0.494. The Morgan fingerprint density at radius 2 is 1.67 bits per heavy atom. The van der Waals surface area contributed by atoms with E-state index in [1.54, 1.807) is 0 Å². The van der Waals surface area contributed by atoms with E-state index in [0.717, 1.165) is 0 Å². The van der Waals surface area contributed by atoms with E-state index in [4.69, 9.17) is 5.73 Å². The molecule has 1 aliphatic heterocycles. The van der Waals surface area contributed by atoms with Gasteiger partial charge in [0, 0.05) is 13.1 Å². The van der Waals surface area contributed by atoms with E-state index in [0.29, 0.717) is 43.5 Å². The molecule has 0 saturated carbocycles. The molecule has 1 aliphatic rings. The normalized spacial score (nSPS) is 23.7. The van der Waals surface area contributed by atoms with Crippen LogP contribution in [0.3, 0.4) is 0 Å². The molecule has 0 spiro atoms. The summed E-state index contributed by atoms with van der Waals surface area (Å²) in [7, 11) is 0. The summed E-state index contributed by atoms with van der Waals surface area (Å²) in [6.45, 7) is 6.05. The van der Waals surface area contributed by atoms with Crippen molar-refractivity contribution in [3.63, 3.8) is 0 Å². The number of hydrogen-bond donors (Lipinski definition) is 1. The van der Waals surface area contributed by atoms with E-state index < -0.39 is 11.6 Å². The van der Waals surface area contributed by atoms with Gasteiger partial charge in [0.05, 0.1) is 0 Å². The van der Waals surface area contributed by atoms with Crippen LogP contribution in [-0.4, -0.2) is 19.6 Å². The molecule has 18 heavy (non-hydrogen) atoms. The molecule has 2 atom stereocenters. The number of nitrogens with two attached hydrogens (primary N) is 1. The number of hydrogen-bond acceptors (Lipinski definition) is 2. The third-order valence-electron chi connectivity index (χ3n) is 3.81. The first kappa shape index (κ1) is 13.3. The highest BCUT2D eigenvalue weighted by molar-refractivity contribution is 5.51. The van der Waals surface area contributed by atoms with Gasteiger partial charge < -0.3 is 10.6 Å². The van der Waals surface area contributed by atoms with Gasteiger partial charge >= 0.3 is 0 Å². The van der Waals surface area contributed by atoms with Gasteiger partial charge in [0.15, 0.2) is 0 Å². The molecule has 1 saturated heterocycles. The summed E-state index contributed by atoms with van der Waals surface area (Å²) in [5.41, 5.74) is 6.14. The van der Waals surface area contributed by atoms with Crippen LogP contribution < -0.4 is 10.6 Å². The molecule has 0 aromatic heterocycles. The first-order chi connectivity index (χ1) is 8.52. The largest absolute Gasteiger partial charge is 0.366 e. The first-order valence-electron chi connectivity index (χ1n) is 6.46. The molecule has 1 fully saturated rings. The highest BCUT2D eigenvalue weighted by Gasteiger charge is 2.29. The Hall–Kier alpha value is -1.16. The van der Waals surface area contributed by atoms with Crippen LogP contribution in [0, 0.1) is 23.5 Å². The van der Waals surface area contributed by atoms with Crippen molar-refractivity contribution in [1.82, 2.24) is 0 Å². The van der Waals surface area contributed by atoms with Crippen LogP contribution in [0.2, 0.25) is 0 Å². The van der Waals surface area contributed by atoms with E-state index in [9.17, 15) is 8.78 Å². The maximum Gasteiger partial charge on any atom is 0.149 e. The van der Waals surface area contributed by atoms with Gasteiger partial charge in [-0.2, -0.15) is 0 Å². The smallest absolute Gasteiger partial charge is 0.149 e. The van der Waals surface area contributed by atoms with Crippen molar-refractivity contribution in [2.45, 2.75) is 20.3 Å². The van der Waals surface area contributed by atoms with Crippen LogP contribution in [-0.2, 0) is 6.42 Å². The Kier molecular flexibility index (Phi) is 3.85. The topological polar surface area (TPSA) is 29.3 Å². The summed E-state index contributed by atoms with van der Waals surface area (Å²) in [5, 5.41) is 0. The lowest BCUT2D eigenvalue weighted by atomic mass is 10.0. The van der Waals surface area contributed by atoms with E-state index in [1.165, 1.54) is 12.1 Å². The third kappa shape index (κ3) is 2.48. The maximum atomic E-state index is 14.0. The summed E-state index contributed by atoms with van der Waals surface area (Å²) < 4.78 is 28.0. The summed E-state index contributed by atoms with van der Waals surface area (Å²) in [4.78, 5) is 1.81. The predicted octanol–water partition coefficient (Wildman–Crippen LogP) is 2.56. The summed E-state index contributed by atoms with van der Waals surface area (Å²) in [5.74, 6) is -0.0143. The third-order valence-corrected chi connectivity index (χ3v) is 3.81. The van der Waals surface area contributed by atoms with Gasteiger partial charge in [-0.1, -0.05) is 13.8 Å². The molecule has 0 aliphatic carbocycles. The van der Waals surface area contributed by atoms with E-state index >= 15 is 0 Å². The molecule has 2 unspecified atom stereocenters. The van der Waals surface area contributed by atoms with Crippen molar-refractivity contribution < 1.29 is 8.78 Å². The Balaban J connectivity index is 2.29. The van der Waals surface area contributed by atoms with Gasteiger partial charge in [-0.3, -0.25) is 0 Å². The van der Waals surface area contributed by atoms with Gasteiger partial charge in [0.25, 0.3) is 0 Å². The Bertz CT molecular complexity index is 401. The van der Waals surface area contributed by atoms with Gasteiger partial charge in [-0.25, -0.2) is 8.78 Å². The zero-order valence-electron chi connectivity index (χ0n) is 10.9. The van der Waals surface area contributed by atoms with E-state index in [1.807, 2.05) is 4.90 Å². The predicted molar refractivity (Wildman–Crippen MR) is 69.7 cm³/mol. The standard InChI is InChI=1S/C14H20F2N2/c1-9-7-18(8-10(9)2)14-12(15)5-11(3-4-17)6-13(14)16/h5-6,9-10H,3-4,7-8,17H2,1-2H3. The number of halogens is 2. The molecule has 2 nitrogen and oxygen atoms in total. The van der Waals surface area contributed by atoms with Crippen molar-refractivity contribution in [1.29, 1.82) is 0 Å². The van der Waals surface area contributed by atoms with Gasteiger partial charge in [-0.15, -0.1) is 0 Å². The molecule has 2 N–H and O–H groups in total. The van der Waals surface area contributed by atoms with Crippen LogP contribution in [0.5, 0.6) is 0 Å². The highest BCUT2D eigenvalue weighted by atomic mass is 19.1. The molecule has 4 heteroatoms. The molecule has 1 aromatic carbocycles. The second-order valence-corrected chi connectivity index (χ2v) is 5.31. The van der Waals surface area contributed by atoms with Gasteiger partial charge in [-0.05, 0) is 42.5 Å². The lowest BCUT2D eigenvalue weighted by Crippen LogP contribution is -2.22. The van der Waals surface area contributed by atoms with Crippen molar-refractivity contribution in [3.05, 3.63) is 29.3 Å². The fourth-order valence-corrected chi connectivity index (χ4v) is 2.54. The van der Waals surface area contributed by atoms with Gasteiger partial charge in [0.1, 0.15) is 17.3 Å². The molecular formula is C14H20F2N2. The van der Waals surface area contributed by atoms with Crippen molar-refractivity contribution >= 4 is 5.69 Å².